The van der Waals surface area contributed by atoms with Crippen molar-refractivity contribution in [1.82, 2.24) is 19.3 Å². The van der Waals surface area contributed by atoms with E-state index in [1.807, 2.05) is 0 Å². The fourth-order valence-electron chi connectivity index (χ4n) is 3.25. The summed E-state index contributed by atoms with van der Waals surface area (Å²) < 4.78 is 21.7. The molecule has 3 aromatic heterocycles. The summed E-state index contributed by atoms with van der Waals surface area (Å²) in [6.45, 7) is -0.0533. The highest BCUT2D eigenvalue weighted by Crippen LogP contribution is 2.20. The summed E-state index contributed by atoms with van der Waals surface area (Å²) in [6, 6.07) is 13.9. The van der Waals surface area contributed by atoms with Crippen LogP contribution in [0.25, 0.3) is 27.3 Å². The number of thiophene rings is 1. The summed E-state index contributed by atoms with van der Waals surface area (Å²) in [5.74, 6) is -0.0187. The van der Waals surface area contributed by atoms with Crippen molar-refractivity contribution in [2.75, 3.05) is 0 Å². The zero-order valence-electron chi connectivity index (χ0n) is 15.7. The lowest BCUT2D eigenvalue weighted by atomic mass is 10.2. The zero-order valence-corrected chi connectivity index (χ0v) is 17.2. The molecule has 0 saturated heterocycles. The monoisotopic (exact) mass is 454 g/mol. The van der Waals surface area contributed by atoms with E-state index in [4.69, 9.17) is 16.1 Å². The minimum Gasteiger partial charge on any atom is -0.337 e. The predicted molar refractivity (Wildman–Crippen MR) is 115 cm³/mol. The van der Waals surface area contributed by atoms with Gasteiger partial charge < -0.3 is 4.52 Å². The third-order valence-corrected chi connectivity index (χ3v) is 5.83. The van der Waals surface area contributed by atoms with Gasteiger partial charge >= 0.3 is 5.69 Å². The smallest absolute Gasteiger partial charge is 0.336 e. The molecule has 0 aliphatic heterocycles. The van der Waals surface area contributed by atoms with Crippen molar-refractivity contribution in [3.63, 3.8) is 0 Å². The molecule has 0 unspecified atom stereocenters. The summed E-state index contributed by atoms with van der Waals surface area (Å²) in [5, 5.41) is 6.25. The molecule has 0 N–H and O–H groups in total. The van der Waals surface area contributed by atoms with Crippen LogP contribution in [-0.2, 0) is 6.54 Å². The summed E-state index contributed by atoms with van der Waals surface area (Å²) >= 11 is 7.11. The third-order valence-electron chi connectivity index (χ3n) is 4.69. The van der Waals surface area contributed by atoms with Crippen LogP contribution in [0.1, 0.15) is 5.89 Å². The summed E-state index contributed by atoms with van der Waals surface area (Å²) in [4.78, 5) is 30.5. The van der Waals surface area contributed by atoms with Crippen molar-refractivity contribution in [2.45, 2.75) is 6.54 Å². The van der Waals surface area contributed by atoms with Crippen molar-refractivity contribution < 1.29 is 8.91 Å². The first-order chi connectivity index (χ1) is 15.0. The molecule has 0 aliphatic carbocycles. The quantitative estimate of drug-likeness (QED) is 0.408. The van der Waals surface area contributed by atoms with E-state index in [9.17, 15) is 14.0 Å². The molecule has 0 fully saturated rings. The Bertz CT molecular complexity index is 1540. The molecular formula is C21H12ClFN4O3S. The van der Waals surface area contributed by atoms with Gasteiger partial charge in [0.05, 0.1) is 11.2 Å². The van der Waals surface area contributed by atoms with E-state index < -0.39 is 17.1 Å². The van der Waals surface area contributed by atoms with Crippen molar-refractivity contribution in [3.8, 4) is 17.1 Å². The number of nitrogens with zero attached hydrogens (tertiary/aromatic N) is 4. The molecule has 154 valence electrons. The van der Waals surface area contributed by atoms with Crippen molar-refractivity contribution in [2.24, 2.45) is 0 Å². The molecule has 0 aliphatic rings. The summed E-state index contributed by atoms with van der Waals surface area (Å²) in [6.07, 6.45) is 0. The first-order valence-electron chi connectivity index (χ1n) is 9.09. The Balaban J connectivity index is 1.63. The zero-order chi connectivity index (χ0) is 21.5. The Morgan fingerprint density at radius 1 is 1.10 bits per heavy atom. The lowest BCUT2D eigenvalue weighted by Crippen LogP contribution is -2.38. The molecule has 0 atom stereocenters. The van der Waals surface area contributed by atoms with Crippen LogP contribution in [-0.4, -0.2) is 19.3 Å². The van der Waals surface area contributed by atoms with E-state index in [1.165, 1.54) is 34.1 Å². The Morgan fingerprint density at radius 2 is 1.90 bits per heavy atom. The molecule has 31 heavy (non-hydrogen) atoms. The van der Waals surface area contributed by atoms with Crippen molar-refractivity contribution >= 4 is 33.2 Å². The van der Waals surface area contributed by atoms with Gasteiger partial charge in [0.25, 0.3) is 5.56 Å². The van der Waals surface area contributed by atoms with Crippen LogP contribution < -0.4 is 11.2 Å². The molecule has 5 rings (SSSR count). The SMILES string of the molecule is O=c1c2sccc2n(Cc2nc(-c3ccc(Cl)cc3)no2)c(=O)n1-c1cccc(F)c1. The van der Waals surface area contributed by atoms with Gasteiger partial charge in [0.1, 0.15) is 17.1 Å². The largest absolute Gasteiger partial charge is 0.337 e. The van der Waals surface area contributed by atoms with E-state index in [0.717, 1.165) is 10.6 Å². The minimum absolute atomic E-state index is 0.0533. The molecule has 0 spiro atoms. The second kappa shape index (κ2) is 7.60. The van der Waals surface area contributed by atoms with Gasteiger partial charge in [-0.25, -0.2) is 13.8 Å². The molecule has 0 amide bonds. The van der Waals surface area contributed by atoms with Gasteiger partial charge in [-0.1, -0.05) is 22.8 Å². The van der Waals surface area contributed by atoms with E-state index in [0.29, 0.717) is 26.6 Å². The average molecular weight is 455 g/mol. The maximum atomic E-state index is 13.7. The highest BCUT2D eigenvalue weighted by molar-refractivity contribution is 7.17. The van der Waals surface area contributed by atoms with E-state index >= 15 is 0 Å². The molecular weight excluding hydrogens is 443 g/mol. The average Bonchev–Trinajstić information content (AvgIpc) is 3.42. The number of fused-ring (bicyclic) bond motifs is 1. The minimum atomic E-state index is -0.632. The molecule has 7 nitrogen and oxygen atoms in total. The van der Waals surface area contributed by atoms with Crippen LogP contribution in [0.15, 0.2) is 74.1 Å². The Hall–Kier alpha value is -3.56. The second-order valence-electron chi connectivity index (χ2n) is 6.64. The van der Waals surface area contributed by atoms with Crippen LogP contribution in [0, 0.1) is 5.82 Å². The van der Waals surface area contributed by atoms with Gasteiger partial charge in [0, 0.05) is 10.6 Å². The first-order valence-corrected chi connectivity index (χ1v) is 10.3. The summed E-state index contributed by atoms with van der Waals surface area (Å²) in [5.41, 5.74) is 0.152. The molecule has 0 radical (unpaired) electrons. The van der Waals surface area contributed by atoms with Crippen LogP contribution in [0.2, 0.25) is 5.02 Å². The topological polar surface area (TPSA) is 82.9 Å². The van der Waals surface area contributed by atoms with E-state index in [2.05, 4.69) is 10.1 Å². The van der Waals surface area contributed by atoms with Crippen molar-refractivity contribution in [3.05, 3.63) is 97.5 Å². The Kier molecular flexibility index (Phi) is 4.76. The molecule has 3 heterocycles. The molecule has 0 bridgehead atoms. The third kappa shape index (κ3) is 3.47. The highest BCUT2D eigenvalue weighted by atomic mass is 35.5. The second-order valence-corrected chi connectivity index (χ2v) is 8.00. The van der Waals surface area contributed by atoms with Gasteiger partial charge in [0.15, 0.2) is 0 Å². The number of benzene rings is 2. The van der Waals surface area contributed by atoms with Gasteiger partial charge in [-0.3, -0.25) is 9.36 Å². The summed E-state index contributed by atoms with van der Waals surface area (Å²) in [7, 11) is 0. The molecule has 5 aromatic rings. The molecule has 10 heteroatoms. The molecule has 0 saturated carbocycles. The van der Waals surface area contributed by atoms with Crippen LogP contribution in [0.5, 0.6) is 0 Å². The lowest BCUT2D eigenvalue weighted by molar-refractivity contribution is 0.370. The first kappa shape index (κ1) is 19.4. The maximum Gasteiger partial charge on any atom is 0.336 e. The Labute approximate surface area is 182 Å². The number of hydrogen-bond acceptors (Lipinski definition) is 6. The van der Waals surface area contributed by atoms with Gasteiger partial charge in [-0.15, -0.1) is 11.3 Å². The van der Waals surface area contributed by atoms with Crippen LogP contribution >= 0.6 is 22.9 Å². The fraction of sp³-hybridized carbons (Fsp3) is 0.0476. The number of hydrogen-bond donors (Lipinski definition) is 0. The fourth-order valence-corrected chi connectivity index (χ4v) is 4.20. The lowest BCUT2D eigenvalue weighted by Gasteiger charge is -2.10. The number of aromatic nitrogens is 4. The van der Waals surface area contributed by atoms with E-state index in [-0.39, 0.29) is 18.1 Å². The Morgan fingerprint density at radius 3 is 2.68 bits per heavy atom. The molecule has 2 aromatic carbocycles. The maximum absolute atomic E-state index is 13.7. The van der Waals surface area contributed by atoms with Crippen molar-refractivity contribution in [1.29, 1.82) is 0 Å². The van der Waals surface area contributed by atoms with Gasteiger partial charge in [0.2, 0.25) is 11.7 Å². The number of rotatable bonds is 4. The van der Waals surface area contributed by atoms with E-state index in [1.54, 1.807) is 35.7 Å². The standard InChI is InChI=1S/C21H12ClFN4O3S/c22-13-6-4-12(5-7-13)19-24-17(30-25-19)11-26-16-8-9-31-18(16)20(28)27(21(26)29)15-3-1-2-14(23)10-15/h1-10H,11H2. The predicted octanol–water partition coefficient (Wildman–Crippen LogP) is 4.10. The van der Waals surface area contributed by atoms with Crippen LogP contribution in [0.3, 0.4) is 0 Å². The highest BCUT2D eigenvalue weighted by Gasteiger charge is 2.18. The normalized spacial score (nSPS) is 11.3. The van der Waals surface area contributed by atoms with Crippen LogP contribution in [0.4, 0.5) is 4.39 Å². The van der Waals surface area contributed by atoms with Gasteiger partial charge in [-0.2, -0.15) is 4.98 Å². The van der Waals surface area contributed by atoms with Gasteiger partial charge in [-0.05, 0) is 53.9 Å². The number of halogens is 2.